The number of rotatable bonds is 3. The van der Waals surface area contributed by atoms with Gasteiger partial charge in [0.2, 0.25) is 0 Å². The highest BCUT2D eigenvalue weighted by atomic mass is 35.5. The number of aliphatic hydroxyl groups excluding tert-OH is 1. The molecule has 0 saturated carbocycles. The molecule has 31 heavy (non-hydrogen) atoms. The van der Waals surface area contributed by atoms with Crippen molar-refractivity contribution in [2.24, 2.45) is 5.92 Å². The third kappa shape index (κ3) is 5.87. The molecule has 1 aromatic carbocycles. The number of benzene rings is 1. The van der Waals surface area contributed by atoms with Gasteiger partial charge >= 0.3 is 6.09 Å². The van der Waals surface area contributed by atoms with Crippen molar-refractivity contribution in [3.05, 3.63) is 21.7 Å². The number of hydrogen-bond acceptors (Lipinski definition) is 6. The number of halogens is 2. The quantitative estimate of drug-likeness (QED) is 0.695. The van der Waals surface area contributed by atoms with Crippen LogP contribution in [0.1, 0.15) is 44.0 Å². The fraction of sp³-hybridized carbons (Fsp3) is 0.619. The van der Waals surface area contributed by atoms with Crippen LogP contribution in [0.25, 0.3) is 0 Å². The second kappa shape index (κ2) is 9.71. The van der Waals surface area contributed by atoms with Gasteiger partial charge in [-0.15, -0.1) is 0 Å². The summed E-state index contributed by atoms with van der Waals surface area (Å²) in [6.07, 6.45) is -0.0527. The Bertz CT molecular complexity index is 842. The normalized spacial score (nSPS) is 21.3. The van der Waals surface area contributed by atoms with Crippen molar-refractivity contribution in [1.82, 2.24) is 10.2 Å². The predicted octanol–water partition coefficient (Wildman–Crippen LogP) is 3.50. The van der Waals surface area contributed by atoms with E-state index in [1.54, 1.807) is 20.8 Å². The van der Waals surface area contributed by atoms with E-state index >= 15 is 0 Å². The Balaban J connectivity index is 1.62. The van der Waals surface area contributed by atoms with Crippen LogP contribution in [0.2, 0.25) is 10.0 Å². The number of β-amino-alcohol motifs (C(OH)–C–C–N with tert-alkyl or cyclic N) is 1. The molecule has 0 spiro atoms. The standard InChI is InChI=1S/C21H28Cl2N2O6/c1-21(2,3)31-20(28)25-6-5-12(15(26)11-25)10-24-19(27)13-9-14(22)16(23)18-17(13)29-7-4-8-30-18/h9,12,15,26H,4-8,10-11H2,1-3H3,(H,24,27)/t12-,15+/m0/s1. The number of ether oxygens (including phenoxy) is 3. The second-order valence-electron chi connectivity index (χ2n) is 8.68. The van der Waals surface area contributed by atoms with Gasteiger partial charge in [0.1, 0.15) is 10.6 Å². The number of aliphatic hydroxyl groups is 1. The molecule has 0 bridgehead atoms. The summed E-state index contributed by atoms with van der Waals surface area (Å²) >= 11 is 12.4. The molecule has 10 heteroatoms. The van der Waals surface area contributed by atoms with Crippen LogP contribution in [0.5, 0.6) is 11.5 Å². The summed E-state index contributed by atoms with van der Waals surface area (Å²) in [5.74, 6) is -0.0736. The van der Waals surface area contributed by atoms with Crippen LogP contribution in [0.4, 0.5) is 4.79 Å². The Labute approximate surface area is 191 Å². The number of nitrogens with zero attached hydrogens (tertiary/aromatic N) is 1. The van der Waals surface area contributed by atoms with Crippen LogP contribution in [-0.4, -0.2) is 66.6 Å². The number of carbonyl (C=O) groups is 2. The Morgan fingerprint density at radius 3 is 2.58 bits per heavy atom. The summed E-state index contributed by atoms with van der Waals surface area (Å²) < 4.78 is 16.7. The maximum absolute atomic E-state index is 12.9. The van der Waals surface area contributed by atoms with Crippen molar-refractivity contribution in [1.29, 1.82) is 0 Å². The molecule has 2 aliphatic rings. The monoisotopic (exact) mass is 474 g/mol. The molecule has 8 nitrogen and oxygen atoms in total. The lowest BCUT2D eigenvalue weighted by atomic mass is 9.94. The third-order valence-corrected chi connectivity index (χ3v) is 5.83. The number of likely N-dealkylation sites (tertiary alicyclic amines) is 1. The van der Waals surface area contributed by atoms with Crippen molar-refractivity contribution >= 4 is 35.2 Å². The minimum atomic E-state index is -0.785. The summed E-state index contributed by atoms with van der Waals surface area (Å²) in [5.41, 5.74) is -0.372. The van der Waals surface area contributed by atoms with E-state index in [2.05, 4.69) is 5.32 Å². The van der Waals surface area contributed by atoms with Crippen molar-refractivity contribution in [2.45, 2.75) is 45.3 Å². The number of fused-ring (bicyclic) bond motifs is 1. The van der Waals surface area contributed by atoms with Gasteiger partial charge in [-0.2, -0.15) is 0 Å². The van der Waals surface area contributed by atoms with Gasteiger partial charge in [-0.1, -0.05) is 23.2 Å². The third-order valence-electron chi connectivity index (χ3n) is 5.05. The van der Waals surface area contributed by atoms with E-state index in [1.807, 2.05) is 0 Å². The molecule has 0 aliphatic carbocycles. The summed E-state index contributed by atoms with van der Waals surface area (Å²) in [5, 5.41) is 13.7. The van der Waals surface area contributed by atoms with Crippen LogP contribution in [-0.2, 0) is 4.74 Å². The van der Waals surface area contributed by atoms with Crippen molar-refractivity contribution in [2.75, 3.05) is 32.8 Å². The van der Waals surface area contributed by atoms with E-state index in [9.17, 15) is 14.7 Å². The fourth-order valence-corrected chi connectivity index (χ4v) is 3.85. The van der Waals surface area contributed by atoms with E-state index in [0.29, 0.717) is 32.6 Å². The van der Waals surface area contributed by atoms with Crippen LogP contribution in [0.15, 0.2) is 6.07 Å². The Morgan fingerprint density at radius 1 is 1.26 bits per heavy atom. The number of hydrogen-bond donors (Lipinski definition) is 2. The van der Waals surface area contributed by atoms with Gasteiger partial charge in [-0.25, -0.2) is 4.79 Å². The maximum Gasteiger partial charge on any atom is 0.410 e. The van der Waals surface area contributed by atoms with E-state index in [0.717, 1.165) is 0 Å². The first-order valence-corrected chi connectivity index (χ1v) is 11.0. The van der Waals surface area contributed by atoms with Gasteiger partial charge in [0, 0.05) is 25.4 Å². The van der Waals surface area contributed by atoms with E-state index in [-0.39, 0.29) is 46.1 Å². The molecule has 1 saturated heterocycles. The average molecular weight is 475 g/mol. The Morgan fingerprint density at radius 2 is 1.94 bits per heavy atom. The number of carbonyl (C=O) groups excluding carboxylic acids is 2. The number of amides is 2. The SMILES string of the molecule is CC(C)(C)OC(=O)N1CC[C@@H](CNC(=O)c2cc(Cl)c(Cl)c3c2OCCCO3)[C@H](O)C1. The zero-order valence-corrected chi connectivity index (χ0v) is 19.4. The molecule has 3 rings (SSSR count). The van der Waals surface area contributed by atoms with Gasteiger partial charge < -0.3 is 29.5 Å². The molecule has 0 radical (unpaired) electrons. The van der Waals surface area contributed by atoms with Crippen LogP contribution < -0.4 is 14.8 Å². The second-order valence-corrected chi connectivity index (χ2v) is 9.47. The molecule has 2 atom stereocenters. The first-order chi connectivity index (χ1) is 14.6. The molecule has 172 valence electrons. The lowest BCUT2D eigenvalue weighted by molar-refractivity contribution is -0.0122. The first-order valence-electron chi connectivity index (χ1n) is 10.3. The smallest absolute Gasteiger partial charge is 0.410 e. The minimum absolute atomic E-state index is 0.147. The highest BCUT2D eigenvalue weighted by Crippen LogP contribution is 2.44. The molecule has 1 fully saturated rings. The zero-order valence-electron chi connectivity index (χ0n) is 17.9. The molecular weight excluding hydrogens is 447 g/mol. The molecule has 2 N–H and O–H groups in total. The van der Waals surface area contributed by atoms with E-state index in [1.165, 1.54) is 11.0 Å². The molecule has 2 amide bonds. The summed E-state index contributed by atoms with van der Waals surface area (Å²) in [6.45, 7) is 7.01. The van der Waals surface area contributed by atoms with Gasteiger partial charge in [0.25, 0.3) is 5.91 Å². The Kier molecular flexibility index (Phi) is 7.44. The van der Waals surface area contributed by atoms with Crippen molar-refractivity contribution in [3.63, 3.8) is 0 Å². The maximum atomic E-state index is 12.9. The van der Waals surface area contributed by atoms with Crippen molar-refractivity contribution < 1.29 is 28.9 Å². The van der Waals surface area contributed by atoms with Crippen LogP contribution in [0, 0.1) is 5.92 Å². The van der Waals surface area contributed by atoms with Gasteiger partial charge in [0.05, 0.1) is 36.4 Å². The van der Waals surface area contributed by atoms with Gasteiger partial charge in [-0.3, -0.25) is 4.79 Å². The summed E-state index contributed by atoms with van der Waals surface area (Å²) in [4.78, 5) is 26.6. The molecule has 0 unspecified atom stereocenters. The highest BCUT2D eigenvalue weighted by molar-refractivity contribution is 6.43. The van der Waals surface area contributed by atoms with Crippen molar-refractivity contribution in [3.8, 4) is 11.5 Å². The number of piperidine rings is 1. The summed E-state index contributed by atoms with van der Waals surface area (Å²) in [6, 6.07) is 1.45. The van der Waals surface area contributed by atoms with Gasteiger partial charge in [0.15, 0.2) is 11.5 Å². The topological polar surface area (TPSA) is 97.3 Å². The number of nitrogens with one attached hydrogen (secondary N) is 1. The lowest BCUT2D eigenvalue weighted by Crippen LogP contribution is -2.50. The molecule has 2 aliphatic heterocycles. The molecule has 0 aromatic heterocycles. The molecular formula is C21H28Cl2N2O6. The van der Waals surface area contributed by atoms with E-state index < -0.39 is 23.7 Å². The first kappa shape index (κ1) is 23.8. The lowest BCUT2D eigenvalue weighted by Gasteiger charge is -2.36. The average Bonchev–Trinajstić information content (AvgIpc) is 2.94. The fourth-order valence-electron chi connectivity index (χ4n) is 3.46. The minimum Gasteiger partial charge on any atom is -0.489 e. The largest absolute Gasteiger partial charge is 0.489 e. The molecule has 2 heterocycles. The summed E-state index contributed by atoms with van der Waals surface area (Å²) in [7, 11) is 0. The van der Waals surface area contributed by atoms with Gasteiger partial charge in [-0.05, 0) is 33.3 Å². The zero-order chi connectivity index (χ0) is 22.8. The predicted molar refractivity (Wildman–Crippen MR) is 116 cm³/mol. The Hall–Kier alpha value is -1.90. The van der Waals surface area contributed by atoms with Crippen LogP contribution in [0.3, 0.4) is 0 Å². The van der Waals surface area contributed by atoms with E-state index in [4.69, 9.17) is 37.4 Å². The molecule has 1 aromatic rings. The van der Waals surface area contributed by atoms with Crippen LogP contribution >= 0.6 is 23.2 Å². The highest BCUT2D eigenvalue weighted by Gasteiger charge is 2.33.